The summed E-state index contributed by atoms with van der Waals surface area (Å²) in [4.78, 5) is 5.50. The molecule has 0 unspecified atom stereocenters. The van der Waals surface area contributed by atoms with E-state index >= 15 is 0 Å². The predicted molar refractivity (Wildman–Crippen MR) is 120 cm³/mol. The van der Waals surface area contributed by atoms with Crippen LogP contribution in [0, 0.1) is 0 Å². The zero-order valence-corrected chi connectivity index (χ0v) is 18.2. The number of hydrogen-bond donors (Lipinski definition) is 3. The fourth-order valence-corrected chi connectivity index (χ4v) is 5.11. The zero-order chi connectivity index (χ0) is 21.6. The zero-order valence-electron chi connectivity index (χ0n) is 17.5. The fraction of sp³-hybridized carbons (Fsp3) is 0.417. The third-order valence-electron chi connectivity index (χ3n) is 6.70. The number of rotatable bonds is 4. The summed E-state index contributed by atoms with van der Waals surface area (Å²) in [6, 6.07) is 11.3. The number of fused-ring (bicyclic) bond motifs is 2. The minimum Gasteiger partial charge on any atom is -0.497 e. The van der Waals surface area contributed by atoms with Crippen molar-refractivity contribution in [3.63, 3.8) is 0 Å². The molecule has 5 rings (SSSR count). The van der Waals surface area contributed by atoms with E-state index in [4.69, 9.17) is 21.1 Å². The molecular formula is C24H27ClN2O4. The molecule has 1 spiro atoms. The maximum absolute atomic E-state index is 10.9. The molecule has 2 aromatic carbocycles. The van der Waals surface area contributed by atoms with Gasteiger partial charge in [0.15, 0.2) is 0 Å². The maximum atomic E-state index is 10.9. The van der Waals surface area contributed by atoms with Gasteiger partial charge in [0, 0.05) is 65.4 Å². The van der Waals surface area contributed by atoms with E-state index in [1.54, 1.807) is 19.2 Å². The molecule has 0 radical (unpaired) electrons. The van der Waals surface area contributed by atoms with E-state index < -0.39 is 12.2 Å². The summed E-state index contributed by atoms with van der Waals surface area (Å²) in [5, 5.41) is 23.2. The topological polar surface area (TPSA) is 78.0 Å². The lowest BCUT2D eigenvalue weighted by Gasteiger charge is -2.46. The van der Waals surface area contributed by atoms with Crippen molar-refractivity contribution >= 4 is 22.5 Å². The van der Waals surface area contributed by atoms with Crippen LogP contribution in [-0.4, -0.2) is 52.4 Å². The monoisotopic (exact) mass is 442 g/mol. The van der Waals surface area contributed by atoms with Crippen molar-refractivity contribution in [1.29, 1.82) is 0 Å². The molecule has 0 aliphatic carbocycles. The number of aromatic nitrogens is 1. The number of benzene rings is 2. The van der Waals surface area contributed by atoms with Crippen LogP contribution in [0.25, 0.3) is 10.9 Å². The highest BCUT2D eigenvalue weighted by Crippen LogP contribution is 2.45. The Morgan fingerprint density at radius 1 is 1.26 bits per heavy atom. The number of piperidine rings is 1. The summed E-state index contributed by atoms with van der Waals surface area (Å²) in [6.45, 7) is 2.18. The minimum absolute atomic E-state index is 0.362. The van der Waals surface area contributed by atoms with Gasteiger partial charge in [0.25, 0.3) is 0 Å². The molecule has 6 nitrogen and oxygen atoms in total. The molecule has 0 amide bonds. The van der Waals surface area contributed by atoms with Gasteiger partial charge in [-0.25, -0.2) is 0 Å². The largest absolute Gasteiger partial charge is 0.497 e. The van der Waals surface area contributed by atoms with Gasteiger partial charge in [-0.3, -0.25) is 0 Å². The van der Waals surface area contributed by atoms with Crippen LogP contribution in [0.2, 0.25) is 5.02 Å². The Balaban J connectivity index is 1.25. The van der Waals surface area contributed by atoms with Crippen LogP contribution in [0.1, 0.15) is 42.6 Å². The second-order valence-electron chi connectivity index (χ2n) is 8.66. The predicted octanol–water partition coefficient (Wildman–Crippen LogP) is 4.21. The highest BCUT2D eigenvalue weighted by atomic mass is 35.5. The Bertz CT molecular complexity index is 1090. The molecule has 7 heteroatoms. The highest BCUT2D eigenvalue weighted by Gasteiger charge is 2.43. The molecule has 1 fully saturated rings. The molecule has 1 aromatic heterocycles. The highest BCUT2D eigenvalue weighted by molar-refractivity contribution is 6.30. The van der Waals surface area contributed by atoms with Crippen molar-refractivity contribution in [1.82, 2.24) is 9.88 Å². The number of aromatic amines is 1. The summed E-state index contributed by atoms with van der Waals surface area (Å²) in [6.07, 6.45) is 2.91. The Labute approximate surface area is 186 Å². The third kappa shape index (κ3) is 3.89. The Morgan fingerprint density at radius 2 is 2.06 bits per heavy atom. The van der Waals surface area contributed by atoms with Crippen LogP contribution >= 0.6 is 11.6 Å². The summed E-state index contributed by atoms with van der Waals surface area (Å²) < 4.78 is 11.6. The van der Waals surface area contributed by atoms with Crippen LogP contribution in [0.15, 0.2) is 42.6 Å². The smallest absolute Gasteiger partial charge is 0.126 e. The molecule has 1 saturated heterocycles. The summed E-state index contributed by atoms with van der Waals surface area (Å²) >= 11 is 6.08. The lowest BCUT2D eigenvalue weighted by molar-refractivity contribution is -0.0587. The Hall–Kier alpha value is -2.25. The van der Waals surface area contributed by atoms with Crippen LogP contribution in [-0.2, 0) is 0 Å². The molecule has 3 aromatic rings. The van der Waals surface area contributed by atoms with Crippen molar-refractivity contribution in [2.24, 2.45) is 0 Å². The number of hydrogen-bond acceptors (Lipinski definition) is 5. The van der Waals surface area contributed by atoms with Gasteiger partial charge in [0.2, 0.25) is 0 Å². The lowest BCUT2D eigenvalue weighted by atomic mass is 9.81. The first-order valence-corrected chi connectivity index (χ1v) is 11.1. The Morgan fingerprint density at radius 3 is 2.84 bits per heavy atom. The first-order chi connectivity index (χ1) is 15.0. The van der Waals surface area contributed by atoms with E-state index in [0.29, 0.717) is 18.0 Å². The molecule has 2 aliphatic heterocycles. The van der Waals surface area contributed by atoms with E-state index in [2.05, 4.69) is 9.88 Å². The van der Waals surface area contributed by atoms with E-state index in [1.165, 1.54) is 0 Å². The number of H-pyrrole nitrogens is 1. The third-order valence-corrected chi connectivity index (χ3v) is 6.94. The SMILES string of the molecule is COc1ccc2c([C@@H](O)CN3CCC4(CC3)C[C@@H](O)c3cc(Cl)ccc3O4)c[nH]c2c1. The average Bonchev–Trinajstić information content (AvgIpc) is 3.19. The van der Waals surface area contributed by atoms with Crippen molar-refractivity contribution in [2.75, 3.05) is 26.7 Å². The number of ether oxygens (including phenoxy) is 2. The number of nitrogens with one attached hydrogen (secondary N) is 1. The van der Waals surface area contributed by atoms with E-state index in [1.807, 2.05) is 30.5 Å². The van der Waals surface area contributed by atoms with E-state index in [9.17, 15) is 10.2 Å². The molecule has 3 heterocycles. The number of methoxy groups -OCH3 is 1. The van der Waals surface area contributed by atoms with Crippen molar-refractivity contribution in [3.8, 4) is 11.5 Å². The van der Waals surface area contributed by atoms with Gasteiger partial charge in [-0.1, -0.05) is 11.6 Å². The van der Waals surface area contributed by atoms with Gasteiger partial charge in [0.1, 0.15) is 17.1 Å². The first-order valence-electron chi connectivity index (χ1n) is 10.7. The van der Waals surface area contributed by atoms with Gasteiger partial charge < -0.3 is 29.6 Å². The van der Waals surface area contributed by atoms with E-state index in [0.717, 1.165) is 59.5 Å². The first kappa shape index (κ1) is 20.6. The van der Waals surface area contributed by atoms with Gasteiger partial charge in [0.05, 0.1) is 19.3 Å². The lowest BCUT2D eigenvalue weighted by Crippen LogP contribution is -2.51. The summed E-state index contributed by atoms with van der Waals surface area (Å²) in [5.41, 5.74) is 2.26. The van der Waals surface area contributed by atoms with Crippen molar-refractivity contribution in [3.05, 3.63) is 58.7 Å². The van der Waals surface area contributed by atoms with Crippen LogP contribution in [0.3, 0.4) is 0 Å². The normalized spacial score (nSPS) is 21.6. The molecule has 164 valence electrons. The molecule has 0 saturated carbocycles. The summed E-state index contributed by atoms with van der Waals surface area (Å²) in [5.74, 6) is 1.51. The second kappa shape index (κ2) is 8.02. The number of aliphatic hydroxyl groups is 2. The van der Waals surface area contributed by atoms with Gasteiger partial charge in [-0.15, -0.1) is 0 Å². The Kier molecular flexibility index (Phi) is 5.34. The summed E-state index contributed by atoms with van der Waals surface area (Å²) in [7, 11) is 1.64. The fourth-order valence-electron chi connectivity index (χ4n) is 4.93. The van der Waals surface area contributed by atoms with Crippen molar-refractivity contribution in [2.45, 2.75) is 37.1 Å². The number of β-amino-alcohol motifs (C(OH)–C–C–N with tert-alkyl or cyclic N) is 1. The second-order valence-corrected chi connectivity index (χ2v) is 9.10. The number of aliphatic hydroxyl groups excluding tert-OH is 2. The number of nitrogens with zero attached hydrogens (tertiary/aromatic N) is 1. The minimum atomic E-state index is -0.586. The van der Waals surface area contributed by atoms with Crippen LogP contribution < -0.4 is 9.47 Å². The molecule has 2 aliphatic rings. The molecule has 2 atom stereocenters. The molecule has 3 N–H and O–H groups in total. The van der Waals surface area contributed by atoms with Crippen LogP contribution in [0.4, 0.5) is 0 Å². The van der Waals surface area contributed by atoms with Crippen molar-refractivity contribution < 1.29 is 19.7 Å². The van der Waals surface area contributed by atoms with E-state index in [-0.39, 0.29) is 5.60 Å². The molecule has 31 heavy (non-hydrogen) atoms. The van der Waals surface area contributed by atoms with Gasteiger partial charge >= 0.3 is 0 Å². The average molecular weight is 443 g/mol. The number of likely N-dealkylation sites (tertiary alicyclic amines) is 1. The van der Waals surface area contributed by atoms with Gasteiger partial charge in [-0.05, 0) is 43.2 Å². The maximum Gasteiger partial charge on any atom is 0.126 e. The molecule has 0 bridgehead atoms. The van der Waals surface area contributed by atoms with Crippen LogP contribution in [0.5, 0.6) is 11.5 Å². The standard InChI is InChI=1S/C24H27ClN2O4/c1-30-16-3-4-17-19(13-26-20(17)11-16)22(29)14-27-8-6-24(7-9-27)12-21(28)18-10-15(25)2-5-23(18)31-24/h2-5,10-11,13,21-22,26,28-29H,6-9,12,14H2,1H3/t21-,22+/m1/s1. The van der Waals surface area contributed by atoms with Gasteiger partial charge in [-0.2, -0.15) is 0 Å². The molecular weight excluding hydrogens is 416 g/mol. The quantitative estimate of drug-likeness (QED) is 0.564. The number of halogens is 1.